The molecule has 0 atom stereocenters. The molecule has 0 radical (unpaired) electrons. The quantitative estimate of drug-likeness (QED) is 0.428. The van der Waals surface area contributed by atoms with Crippen LogP contribution < -0.4 is 15.9 Å². The predicted octanol–water partition coefficient (Wildman–Crippen LogP) is 6.31. The van der Waals surface area contributed by atoms with E-state index in [1.807, 2.05) is 0 Å². The summed E-state index contributed by atoms with van der Waals surface area (Å²) in [7, 11) is -2.43. The molecule has 3 aromatic rings. The minimum absolute atomic E-state index is 0.196. The van der Waals surface area contributed by atoms with Crippen LogP contribution >= 0.6 is 7.26 Å². The van der Waals surface area contributed by atoms with Gasteiger partial charge in [-0.25, -0.2) is 0 Å². The molecule has 1 nitrogen and oxygen atoms in total. The molecule has 0 bridgehead atoms. The van der Waals surface area contributed by atoms with Crippen LogP contribution in [0.2, 0.25) is 0 Å². The topological polar surface area (TPSA) is 9.23 Å². The van der Waals surface area contributed by atoms with E-state index >= 15 is 0 Å². The molecule has 0 spiro atoms. The van der Waals surface area contributed by atoms with Crippen molar-refractivity contribution >= 4 is 23.2 Å². The van der Waals surface area contributed by atoms with Gasteiger partial charge in [-0.05, 0) is 0 Å². The molecule has 0 heterocycles. The molecule has 0 fully saturated rings. The van der Waals surface area contributed by atoms with Gasteiger partial charge < -0.3 is 0 Å². The third-order valence-electron chi connectivity index (χ3n) is 6.12. The molecular weight excluding hydrogens is 383 g/mol. The van der Waals surface area contributed by atoms with Crippen molar-refractivity contribution in [3.05, 3.63) is 102 Å². The molecule has 0 unspecified atom stereocenters. The zero-order valence-electron chi connectivity index (χ0n) is 18.2. The first kappa shape index (κ1) is 20.9. The first-order valence-electron chi connectivity index (χ1n) is 11.3. The molecular formula is C28H33OP. The Labute approximate surface area is 182 Å². The van der Waals surface area contributed by atoms with Crippen molar-refractivity contribution in [3.63, 3.8) is 0 Å². The number of hydrogen-bond donors (Lipinski definition) is 0. The summed E-state index contributed by atoms with van der Waals surface area (Å²) in [6.45, 7) is 4.32. The average molecular weight is 417 g/mol. The van der Waals surface area contributed by atoms with Crippen LogP contribution in [0.1, 0.15) is 46.0 Å². The van der Waals surface area contributed by atoms with Crippen LogP contribution in [0.25, 0.3) is 0 Å². The van der Waals surface area contributed by atoms with Gasteiger partial charge in [0.2, 0.25) is 0 Å². The Balaban J connectivity index is 2.10. The normalized spacial score (nSPS) is 15.7. The van der Waals surface area contributed by atoms with E-state index in [4.69, 9.17) is 4.74 Å². The molecule has 1 aliphatic carbocycles. The van der Waals surface area contributed by atoms with Crippen molar-refractivity contribution in [2.24, 2.45) is 0 Å². The second kappa shape index (κ2) is 9.63. The summed E-state index contributed by atoms with van der Waals surface area (Å²) in [5, 5.41) is 5.91. The van der Waals surface area contributed by atoms with Crippen molar-refractivity contribution in [1.82, 2.24) is 0 Å². The first-order valence-corrected chi connectivity index (χ1v) is 13.3. The van der Waals surface area contributed by atoms with Crippen molar-refractivity contribution in [1.29, 1.82) is 0 Å². The maximum atomic E-state index is 6.57. The number of benzene rings is 3. The maximum absolute atomic E-state index is 6.57. The van der Waals surface area contributed by atoms with Gasteiger partial charge in [0.05, 0.1) is 0 Å². The van der Waals surface area contributed by atoms with Gasteiger partial charge in [0.25, 0.3) is 0 Å². The van der Waals surface area contributed by atoms with Crippen molar-refractivity contribution in [3.8, 4) is 0 Å². The molecule has 0 aromatic heterocycles. The zero-order valence-corrected chi connectivity index (χ0v) is 19.2. The molecule has 1 aliphatic rings. The monoisotopic (exact) mass is 416 g/mol. The van der Waals surface area contributed by atoms with E-state index in [0.29, 0.717) is 0 Å². The fourth-order valence-electron chi connectivity index (χ4n) is 4.95. The third kappa shape index (κ3) is 4.09. The van der Waals surface area contributed by atoms with Crippen LogP contribution in [0, 0.1) is 0 Å². The molecule has 0 saturated heterocycles. The van der Waals surface area contributed by atoms with Crippen molar-refractivity contribution in [2.75, 3.05) is 0 Å². The molecule has 30 heavy (non-hydrogen) atoms. The van der Waals surface area contributed by atoms with Crippen LogP contribution in [-0.4, -0.2) is 6.10 Å². The van der Waals surface area contributed by atoms with Crippen LogP contribution in [-0.2, 0) is 4.74 Å². The second-order valence-corrected chi connectivity index (χ2v) is 12.3. The van der Waals surface area contributed by atoms with Crippen molar-refractivity contribution in [2.45, 2.75) is 52.1 Å². The summed E-state index contributed by atoms with van der Waals surface area (Å²) >= 11 is 0. The van der Waals surface area contributed by atoms with E-state index in [1.54, 1.807) is 5.31 Å². The van der Waals surface area contributed by atoms with Crippen LogP contribution in [0.3, 0.4) is 0 Å². The van der Waals surface area contributed by atoms with E-state index in [2.05, 4.69) is 105 Å². The second-order valence-electron chi connectivity index (χ2n) is 8.48. The van der Waals surface area contributed by atoms with E-state index in [0.717, 1.165) is 12.8 Å². The number of allylic oxidation sites excluding steroid dienone is 2. The van der Waals surface area contributed by atoms with E-state index in [-0.39, 0.29) is 6.10 Å². The summed E-state index contributed by atoms with van der Waals surface area (Å²) in [4.78, 5) is 0. The molecule has 3 aromatic carbocycles. The Hall–Kier alpha value is -2.37. The summed E-state index contributed by atoms with van der Waals surface area (Å²) in [5.41, 5.74) is 0. The average Bonchev–Trinajstić information content (AvgIpc) is 3.02. The Morgan fingerprint density at radius 1 is 0.600 bits per heavy atom. The fourth-order valence-corrected chi connectivity index (χ4v) is 10.2. The fraction of sp³-hybridized carbons (Fsp3) is 0.286. The molecule has 0 saturated carbocycles. The molecule has 2 heteroatoms. The summed E-state index contributed by atoms with van der Waals surface area (Å²) in [6.07, 6.45) is 6.09. The minimum atomic E-state index is -2.43. The zero-order chi connectivity index (χ0) is 20.8. The standard InChI is InChI=1S/C28H33OP/c1-23(2)29-27-21-13-6-14-22-28(27)30(24-15-7-3-8-16-24,25-17-9-4-10-18-25)26-19-11-5-12-20-26/h3-5,7-12,15-20,23,30H,6,13-14,21-22H2,1-2H3. The number of hydrogen-bond acceptors (Lipinski definition) is 1. The Bertz CT molecular complexity index is 865. The third-order valence-corrected chi connectivity index (χ3v) is 11.2. The molecule has 0 N–H and O–H groups in total. The van der Waals surface area contributed by atoms with Gasteiger partial charge in [0.1, 0.15) is 0 Å². The SMILES string of the molecule is CC(C)OC1=C([PH](c2ccccc2)(c2ccccc2)c2ccccc2)CCCCC1. The van der Waals surface area contributed by atoms with Gasteiger partial charge in [-0.15, -0.1) is 0 Å². The number of rotatable bonds is 6. The van der Waals surface area contributed by atoms with Crippen LogP contribution in [0.5, 0.6) is 0 Å². The molecule has 4 rings (SSSR count). The van der Waals surface area contributed by atoms with E-state index in [9.17, 15) is 0 Å². The van der Waals surface area contributed by atoms with E-state index in [1.165, 1.54) is 40.9 Å². The molecule has 0 aliphatic heterocycles. The first-order chi connectivity index (χ1) is 14.7. The Kier molecular flexibility index (Phi) is 6.70. The van der Waals surface area contributed by atoms with E-state index < -0.39 is 7.26 Å². The summed E-state index contributed by atoms with van der Waals surface area (Å²) in [5.74, 6) is 1.26. The van der Waals surface area contributed by atoms with Crippen molar-refractivity contribution < 1.29 is 4.74 Å². The Morgan fingerprint density at radius 2 is 1.03 bits per heavy atom. The predicted molar refractivity (Wildman–Crippen MR) is 133 cm³/mol. The summed E-state index contributed by atoms with van der Waals surface area (Å²) < 4.78 is 6.57. The van der Waals surface area contributed by atoms with Gasteiger partial charge in [-0.2, -0.15) is 0 Å². The summed E-state index contributed by atoms with van der Waals surface area (Å²) in [6, 6.07) is 33.6. The van der Waals surface area contributed by atoms with Gasteiger partial charge in [-0.1, -0.05) is 0 Å². The van der Waals surface area contributed by atoms with Gasteiger partial charge >= 0.3 is 182 Å². The Morgan fingerprint density at radius 3 is 1.47 bits per heavy atom. The molecule has 0 amide bonds. The van der Waals surface area contributed by atoms with Gasteiger partial charge in [0, 0.05) is 0 Å². The number of ether oxygens (including phenoxy) is 1. The van der Waals surface area contributed by atoms with Gasteiger partial charge in [0.15, 0.2) is 0 Å². The molecule has 156 valence electrons. The van der Waals surface area contributed by atoms with Crippen LogP contribution in [0.15, 0.2) is 102 Å². The van der Waals surface area contributed by atoms with Crippen LogP contribution in [0.4, 0.5) is 0 Å². The van der Waals surface area contributed by atoms with Gasteiger partial charge in [-0.3, -0.25) is 0 Å².